The van der Waals surface area contributed by atoms with E-state index >= 15 is 0 Å². The molecule has 2 nitrogen and oxygen atoms in total. The summed E-state index contributed by atoms with van der Waals surface area (Å²) in [4.78, 5) is 0. The Morgan fingerprint density at radius 1 is 0.950 bits per heavy atom. The van der Waals surface area contributed by atoms with E-state index in [4.69, 9.17) is 5.26 Å². The largest absolute Gasteiger partial charge is 0.416 e. The number of hydrogen-bond acceptors (Lipinski definition) is 2. The lowest BCUT2D eigenvalue weighted by atomic mass is 10.0. The summed E-state index contributed by atoms with van der Waals surface area (Å²) in [7, 11) is 0. The van der Waals surface area contributed by atoms with Crippen LogP contribution in [0.25, 0.3) is 0 Å². The van der Waals surface area contributed by atoms with Crippen LogP contribution < -0.4 is 5.32 Å². The average molecular weight is 296 g/mol. The first-order valence-corrected chi connectivity index (χ1v) is 5.50. The molecule has 0 aliphatic carbocycles. The zero-order valence-corrected chi connectivity index (χ0v) is 10.1. The van der Waals surface area contributed by atoms with Gasteiger partial charge in [0.15, 0.2) is 0 Å². The van der Waals surface area contributed by atoms with Gasteiger partial charge in [-0.15, -0.1) is 0 Å². The molecule has 0 spiro atoms. The van der Waals surface area contributed by atoms with Crippen molar-refractivity contribution in [2.75, 3.05) is 6.54 Å². The van der Waals surface area contributed by atoms with Gasteiger partial charge < -0.3 is 5.32 Å². The summed E-state index contributed by atoms with van der Waals surface area (Å²) in [6.45, 7) is 0.0166. The maximum Gasteiger partial charge on any atom is 0.416 e. The maximum atomic E-state index is 12.5. The van der Waals surface area contributed by atoms with Crippen LogP contribution in [0.15, 0.2) is 18.2 Å². The number of nitrogens with one attached hydrogen (secondary N) is 1. The van der Waals surface area contributed by atoms with Crippen molar-refractivity contribution < 1.29 is 26.3 Å². The predicted molar refractivity (Wildman–Crippen MR) is 58.4 cm³/mol. The third-order valence-electron chi connectivity index (χ3n) is 2.39. The molecule has 1 N–H and O–H groups in total. The van der Waals surface area contributed by atoms with Gasteiger partial charge in [-0.3, -0.25) is 0 Å². The molecule has 8 heteroatoms. The minimum absolute atomic E-state index is 0.0821. The highest BCUT2D eigenvalue weighted by Crippen LogP contribution is 2.36. The lowest BCUT2D eigenvalue weighted by molar-refractivity contribution is -0.143. The normalized spacial score (nSPS) is 12.2. The maximum absolute atomic E-state index is 12.5. The van der Waals surface area contributed by atoms with Gasteiger partial charge >= 0.3 is 12.4 Å². The first-order valence-electron chi connectivity index (χ1n) is 5.50. The molecular weight excluding hydrogens is 286 g/mol. The van der Waals surface area contributed by atoms with E-state index in [0.29, 0.717) is 12.1 Å². The number of rotatable bonds is 4. The second-order valence-corrected chi connectivity index (χ2v) is 4.00. The molecule has 110 valence electrons. The van der Waals surface area contributed by atoms with E-state index in [1.54, 1.807) is 6.07 Å². The molecule has 1 aromatic carbocycles. The third kappa shape index (κ3) is 4.74. The molecule has 0 unspecified atom stereocenters. The fraction of sp³-hybridized carbons (Fsp3) is 0.417. The summed E-state index contributed by atoms with van der Waals surface area (Å²) in [5.74, 6) is 0. The van der Waals surface area contributed by atoms with E-state index in [1.165, 1.54) is 0 Å². The Labute approximate surface area is 111 Å². The smallest absolute Gasteiger partial charge is 0.312 e. The highest BCUT2D eigenvalue weighted by Gasteiger charge is 2.36. The Kier molecular flexibility index (Phi) is 5.00. The van der Waals surface area contributed by atoms with Gasteiger partial charge in [-0.1, -0.05) is 0 Å². The SMILES string of the molecule is N#CCCNCc1cc(C(F)(F)F)cc(C(F)(F)F)c1. The highest BCUT2D eigenvalue weighted by atomic mass is 19.4. The van der Waals surface area contributed by atoms with Crippen molar-refractivity contribution in [2.45, 2.75) is 25.3 Å². The minimum atomic E-state index is -4.84. The summed E-state index contributed by atoms with van der Waals surface area (Å²) >= 11 is 0. The summed E-state index contributed by atoms with van der Waals surface area (Å²) < 4.78 is 75.3. The Hall–Kier alpha value is -1.75. The summed E-state index contributed by atoms with van der Waals surface area (Å²) in [5.41, 5.74) is -2.82. The highest BCUT2D eigenvalue weighted by molar-refractivity contribution is 5.33. The van der Waals surface area contributed by atoms with Gasteiger partial charge in [-0.2, -0.15) is 31.6 Å². The van der Waals surface area contributed by atoms with E-state index in [0.717, 1.165) is 0 Å². The molecule has 0 saturated carbocycles. The van der Waals surface area contributed by atoms with Gasteiger partial charge in [-0.25, -0.2) is 0 Å². The second kappa shape index (κ2) is 6.13. The Morgan fingerprint density at radius 3 is 1.85 bits per heavy atom. The van der Waals surface area contributed by atoms with Crippen LogP contribution in [-0.4, -0.2) is 6.54 Å². The molecule has 0 radical (unpaired) electrons. The number of nitrogens with zero attached hydrogens (tertiary/aromatic N) is 1. The van der Waals surface area contributed by atoms with Crippen molar-refractivity contribution in [1.29, 1.82) is 5.26 Å². The van der Waals surface area contributed by atoms with Gasteiger partial charge in [0.25, 0.3) is 0 Å². The summed E-state index contributed by atoms with van der Waals surface area (Å²) in [6.07, 6.45) is -9.57. The fourth-order valence-electron chi connectivity index (χ4n) is 1.50. The quantitative estimate of drug-likeness (QED) is 0.679. The van der Waals surface area contributed by atoms with Crippen molar-refractivity contribution in [3.05, 3.63) is 34.9 Å². The Balaban J connectivity index is 3.02. The van der Waals surface area contributed by atoms with E-state index in [-0.39, 0.29) is 31.1 Å². The minimum Gasteiger partial charge on any atom is -0.312 e. The van der Waals surface area contributed by atoms with Crippen molar-refractivity contribution in [2.24, 2.45) is 0 Å². The molecule has 1 aromatic rings. The number of nitriles is 1. The van der Waals surface area contributed by atoms with Gasteiger partial charge in [0, 0.05) is 19.5 Å². The Bertz CT molecular complexity index is 466. The van der Waals surface area contributed by atoms with Crippen LogP contribution in [0.5, 0.6) is 0 Å². The molecule has 0 fully saturated rings. The van der Waals surface area contributed by atoms with Crippen LogP contribution in [0.1, 0.15) is 23.1 Å². The molecule has 0 heterocycles. The molecule has 0 amide bonds. The van der Waals surface area contributed by atoms with Gasteiger partial charge in [0.05, 0.1) is 17.2 Å². The first-order chi connectivity index (χ1) is 9.14. The molecule has 0 saturated heterocycles. The second-order valence-electron chi connectivity index (χ2n) is 4.00. The third-order valence-corrected chi connectivity index (χ3v) is 2.39. The van der Waals surface area contributed by atoms with Gasteiger partial charge in [0.2, 0.25) is 0 Å². The monoisotopic (exact) mass is 296 g/mol. The van der Waals surface area contributed by atoms with Crippen LogP contribution >= 0.6 is 0 Å². The van der Waals surface area contributed by atoms with Crippen molar-refractivity contribution in [3.63, 3.8) is 0 Å². The standard InChI is InChI=1S/C12H10F6N2/c13-11(14,15)9-4-8(7-20-3-1-2-19)5-10(6-9)12(16,17)18/h4-6,20H,1,3,7H2. The van der Waals surface area contributed by atoms with Crippen molar-refractivity contribution >= 4 is 0 Å². The molecule has 0 aliphatic heterocycles. The lowest BCUT2D eigenvalue weighted by Gasteiger charge is -2.14. The molecule has 0 atom stereocenters. The van der Waals surface area contributed by atoms with Gasteiger partial charge in [-0.05, 0) is 23.8 Å². The number of hydrogen-bond donors (Lipinski definition) is 1. The van der Waals surface area contributed by atoms with E-state index in [1.807, 2.05) is 0 Å². The van der Waals surface area contributed by atoms with Crippen LogP contribution in [-0.2, 0) is 18.9 Å². The molecule has 0 aromatic heterocycles. The van der Waals surface area contributed by atoms with Crippen LogP contribution in [0.2, 0.25) is 0 Å². The van der Waals surface area contributed by atoms with E-state index in [9.17, 15) is 26.3 Å². The van der Waals surface area contributed by atoms with Crippen molar-refractivity contribution in [1.82, 2.24) is 5.32 Å². The van der Waals surface area contributed by atoms with Crippen molar-refractivity contribution in [3.8, 4) is 6.07 Å². The molecule has 1 rings (SSSR count). The zero-order chi connectivity index (χ0) is 15.4. The predicted octanol–water partition coefficient (Wildman–Crippen LogP) is 3.73. The Morgan fingerprint density at radius 2 is 1.45 bits per heavy atom. The summed E-state index contributed by atoms with van der Waals surface area (Å²) in [6, 6.07) is 3.21. The fourth-order valence-corrected chi connectivity index (χ4v) is 1.50. The molecule has 0 bridgehead atoms. The molecule has 20 heavy (non-hydrogen) atoms. The van der Waals surface area contributed by atoms with Crippen LogP contribution in [0.4, 0.5) is 26.3 Å². The van der Waals surface area contributed by atoms with E-state index in [2.05, 4.69) is 5.32 Å². The topological polar surface area (TPSA) is 35.8 Å². The summed E-state index contributed by atoms with van der Waals surface area (Å²) in [5, 5.41) is 10.9. The molecular formula is C12H10F6N2. The van der Waals surface area contributed by atoms with Crippen LogP contribution in [0, 0.1) is 11.3 Å². The average Bonchev–Trinajstić information content (AvgIpc) is 2.32. The van der Waals surface area contributed by atoms with Crippen LogP contribution in [0.3, 0.4) is 0 Å². The first kappa shape index (κ1) is 16.3. The number of halogens is 6. The number of benzene rings is 1. The lowest BCUT2D eigenvalue weighted by Crippen LogP contribution is -2.17. The van der Waals surface area contributed by atoms with E-state index < -0.39 is 23.5 Å². The van der Waals surface area contributed by atoms with Gasteiger partial charge in [0.1, 0.15) is 0 Å². The number of alkyl halides is 6. The zero-order valence-electron chi connectivity index (χ0n) is 10.1. The molecule has 0 aliphatic rings.